The molecule has 0 bridgehead atoms. The Morgan fingerprint density at radius 2 is 2.13 bits per heavy atom. The van der Waals surface area contributed by atoms with Crippen molar-refractivity contribution in [1.29, 1.82) is 0 Å². The van der Waals surface area contributed by atoms with Gasteiger partial charge in [0.25, 0.3) is 11.8 Å². The number of nitrogens with zero attached hydrogens (tertiary/aromatic N) is 1. The Kier molecular flexibility index (Phi) is 6.23. The number of aliphatic imine (C=N–C) groups is 1. The molecule has 3 atom stereocenters. The van der Waals surface area contributed by atoms with E-state index < -0.39 is 0 Å². The Morgan fingerprint density at radius 3 is 2.93 bits per heavy atom. The third kappa shape index (κ3) is 4.59. The highest BCUT2D eigenvalue weighted by atomic mass is 32.2. The lowest BCUT2D eigenvalue weighted by Gasteiger charge is -2.30. The van der Waals surface area contributed by atoms with Crippen molar-refractivity contribution < 1.29 is 14.3 Å². The zero-order valence-corrected chi connectivity index (χ0v) is 18.1. The number of hydrogen-bond donors (Lipinski definition) is 1. The summed E-state index contributed by atoms with van der Waals surface area (Å²) in [4.78, 5) is 30.2. The fourth-order valence-corrected chi connectivity index (χ4v) is 5.06. The van der Waals surface area contributed by atoms with E-state index in [0.29, 0.717) is 22.1 Å². The van der Waals surface area contributed by atoms with Crippen LogP contribution in [0.2, 0.25) is 0 Å². The number of amides is 2. The molecule has 3 aliphatic rings. The van der Waals surface area contributed by atoms with E-state index in [0.717, 1.165) is 30.6 Å². The molecule has 2 aliphatic carbocycles. The van der Waals surface area contributed by atoms with Gasteiger partial charge >= 0.3 is 0 Å². The largest absolute Gasteiger partial charge is 0.497 e. The van der Waals surface area contributed by atoms with Crippen LogP contribution in [0.1, 0.15) is 38.2 Å². The fraction of sp³-hybridized carbons (Fsp3) is 0.375. The normalized spacial score (nSPS) is 27.2. The van der Waals surface area contributed by atoms with Crippen LogP contribution in [0, 0.1) is 5.92 Å². The van der Waals surface area contributed by atoms with Gasteiger partial charge in [-0.05, 0) is 48.6 Å². The molecule has 5 nitrogen and oxygen atoms in total. The van der Waals surface area contributed by atoms with Gasteiger partial charge in [-0.1, -0.05) is 44.1 Å². The zero-order valence-electron chi connectivity index (χ0n) is 17.3. The highest BCUT2D eigenvalue weighted by molar-refractivity contribution is 8.05. The third-order valence-electron chi connectivity index (χ3n) is 5.82. The average molecular weight is 423 g/mol. The molecule has 1 saturated carbocycles. The highest BCUT2D eigenvalue weighted by Crippen LogP contribution is 2.34. The number of nitrogens with one attached hydrogen (secondary N) is 1. The molecule has 1 N–H and O–H groups in total. The smallest absolute Gasteiger partial charge is 0.283 e. The molecule has 1 aromatic carbocycles. The number of allylic oxidation sites excluding steroid dienone is 1. The van der Waals surface area contributed by atoms with E-state index in [1.54, 1.807) is 13.2 Å². The van der Waals surface area contributed by atoms with Gasteiger partial charge in [0.2, 0.25) is 0 Å². The number of rotatable bonds is 4. The molecule has 4 rings (SSSR count). The Hall–Kier alpha value is -2.60. The van der Waals surface area contributed by atoms with Crippen molar-refractivity contribution in [3.05, 3.63) is 58.5 Å². The molecular weight excluding hydrogens is 396 g/mol. The molecule has 1 aliphatic heterocycles. The van der Waals surface area contributed by atoms with Gasteiger partial charge in [0.1, 0.15) is 5.75 Å². The van der Waals surface area contributed by atoms with Gasteiger partial charge in [-0.25, -0.2) is 4.99 Å². The van der Waals surface area contributed by atoms with Crippen molar-refractivity contribution in [1.82, 2.24) is 5.32 Å². The van der Waals surface area contributed by atoms with Crippen LogP contribution in [0.15, 0.2) is 58.0 Å². The number of thioether (sulfide) groups is 1. The van der Waals surface area contributed by atoms with E-state index in [2.05, 4.69) is 17.2 Å². The first-order valence-electron chi connectivity index (χ1n) is 10.4. The average Bonchev–Trinajstić information content (AvgIpc) is 2.75. The quantitative estimate of drug-likeness (QED) is 0.734. The number of carbonyl (C=O) groups excluding carboxylic acids is 2. The summed E-state index contributed by atoms with van der Waals surface area (Å²) in [5.74, 6) is 0.880. The second kappa shape index (κ2) is 9.04. The monoisotopic (exact) mass is 422 g/mol. The first-order chi connectivity index (χ1) is 14.5. The molecule has 3 unspecified atom stereocenters. The lowest BCUT2D eigenvalue weighted by Crippen LogP contribution is -2.42. The SMILES string of the molecule is COc1cccc(/C=C2/SC3C=CC(C(=O)NC4CCCCC4C)=CC3=NC2=O)c1. The minimum Gasteiger partial charge on any atom is -0.497 e. The van der Waals surface area contributed by atoms with Gasteiger partial charge in [0.15, 0.2) is 0 Å². The number of fused-ring (bicyclic) bond motifs is 1. The predicted molar refractivity (Wildman–Crippen MR) is 122 cm³/mol. The van der Waals surface area contributed by atoms with E-state index in [1.165, 1.54) is 18.2 Å². The van der Waals surface area contributed by atoms with E-state index in [1.807, 2.05) is 42.5 Å². The van der Waals surface area contributed by atoms with Crippen molar-refractivity contribution in [3.8, 4) is 5.75 Å². The number of methoxy groups -OCH3 is 1. The molecule has 1 aromatic rings. The molecule has 0 saturated heterocycles. The maximum atomic E-state index is 12.7. The van der Waals surface area contributed by atoms with Crippen LogP contribution in [0.4, 0.5) is 0 Å². The number of ether oxygens (including phenoxy) is 1. The molecule has 1 fully saturated rings. The van der Waals surface area contributed by atoms with Crippen LogP contribution in [0.5, 0.6) is 5.75 Å². The van der Waals surface area contributed by atoms with Crippen molar-refractivity contribution in [2.24, 2.45) is 10.9 Å². The molecule has 2 amide bonds. The fourth-order valence-electron chi connectivity index (χ4n) is 4.04. The minimum atomic E-state index is -0.277. The molecule has 30 heavy (non-hydrogen) atoms. The first-order valence-corrected chi connectivity index (χ1v) is 11.3. The lowest BCUT2D eigenvalue weighted by atomic mass is 9.85. The van der Waals surface area contributed by atoms with Crippen molar-refractivity contribution in [2.75, 3.05) is 7.11 Å². The molecule has 1 heterocycles. The number of benzene rings is 1. The van der Waals surface area contributed by atoms with Gasteiger partial charge in [0.05, 0.1) is 23.0 Å². The lowest BCUT2D eigenvalue weighted by molar-refractivity contribution is -0.118. The molecule has 0 spiro atoms. The Morgan fingerprint density at radius 1 is 1.30 bits per heavy atom. The van der Waals surface area contributed by atoms with Crippen molar-refractivity contribution in [3.63, 3.8) is 0 Å². The summed E-state index contributed by atoms with van der Waals surface area (Å²) in [6.45, 7) is 2.20. The zero-order chi connectivity index (χ0) is 21.1. The Balaban J connectivity index is 1.49. The van der Waals surface area contributed by atoms with Crippen LogP contribution < -0.4 is 10.1 Å². The van der Waals surface area contributed by atoms with Gasteiger partial charge in [-0.15, -0.1) is 11.8 Å². The van der Waals surface area contributed by atoms with Gasteiger partial charge in [-0.3, -0.25) is 9.59 Å². The second-order valence-electron chi connectivity index (χ2n) is 7.97. The summed E-state index contributed by atoms with van der Waals surface area (Å²) in [6.07, 6.45) is 12.0. The summed E-state index contributed by atoms with van der Waals surface area (Å²) < 4.78 is 5.25. The second-order valence-corrected chi connectivity index (χ2v) is 9.15. The summed E-state index contributed by atoms with van der Waals surface area (Å²) in [6, 6.07) is 7.78. The minimum absolute atomic E-state index is 0.0651. The highest BCUT2D eigenvalue weighted by Gasteiger charge is 2.29. The van der Waals surface area contributed by atoms with Gasteiger partial charge in [-0.2, -0.15) is 0 Å². The molecule has 156 valence electrons. The van der Waals surface area contributed by atoms with Crippen LogP contribution >= 0.6 is 11.8 Å². The van der Waals surface area contributed by atoms with Crippen LogP contribution in [0.25, 0.3) is 6.08 Å². The molecule has 6 heteroatoms. The van der Waals surface area contributed by atoms with E-state index >= 15 is 0 Å². The number of carbonyl (C=O) groups is 2. The van der Waals surface area contributed by atoms with Crippen LogP contribution in [0.3, 0.4) is 0 Å². The number of hydrogen-bond acceptors (Lipinski definition) is 4. The topological polar surface area (TPSA) is 67.8 Å². The summed E-state index contributed by atoms with van der Waals surface area (Å²) >= 11 is 1.46. The van der Waals surface area contributed by atoms with E-state index in [4.69, 9.17) is 4.74 Å². The van der Waals surface area contributed by atoms with Gasteiger partial charge < -0.3 is 10.1 Å². The maximum Gasteiger partial charge on any atom is 0.283 e. The van der Waals surface area contributed by atoms with E-state index in [9.17, 15) is 9.59 Å². The Labute approximate surface area is 181 Å². The molecule has 0 aromatic heterocycles. The van der Waals surface area contributed by atoms with Crippen LogP contribution in [-0.2, 0) is 9.59 Å². The summed E-state index contributed by atoms with van der Waals surface area (Å²) in [7, 11) is 1.62. The van der Waals surface area contributed by atoms with E-state index in [-0.39, 0.29) is 23.1 Å². The predicted octanol–water partition coefficient (Wildman–Crippen LogP) is 4.31. The Bertz CT molecular complexity index is 976. The molecule has 0 radical (unpaired) electrons. The summed E-state index contributed by atoms with van der Waals surface area (Å²) in [5.41, 5.74) is 2.09. The van der Waals surface area contributed by atoms with Gasteiger partial charge in [0, 0.05) is 11.6 Å². The summed E-state index contributed by atoms with van der Waals surface area (Å²) in [5, 5.41) is 3.10. The van der Waals surface area contributed by atoms with Crippen LogP contribution in [-0.4, -0.2) is 35.9 Å². The van der Waals surface area contributed by atoms with Crippen molar-refractivity contribution in [2.45, 2.75) is 43.9 Å². The molecular formula is C24H26N2O3S. The standard InChI is InChI=1S/C24H26N2O3S/c1-15-6-3-4-9-19(15)25-23(27)17-10-11-21-20(14-17)26-24(28)22(30-21)13-16-7-5-8-18(12-16)29-2/h5,7-8,10-15,19,21H,3-4,6,9H2,1-2H3,(H,25,27)/b22-13+. The maximum absolute atomic E-state index is 12.7. The van der Waals surface area contributed by atoms with Crippen molar-refractivity contribution >= 4 is 35.4 Å². The first kappa shape index (κ1) is 20.7. The third-order valence-corrected chi connectivity index (χ3v) is 7.02.